The number of nitrogens with one attached hydrogen (secondary N) is 1. The van der Waals surface area contributed by atoms with E-state index in [4.69, 9.17) is 14.9 Å². The van der Waals surface area contributed by atoms with Gasteiger partial charge in [-0.2, -0.15) is 0 Å². The summed E-state index contributed by atoms with van der Waals surface area (Å²) in [5.41, 5.74) is 0. The minimum atomic E-state index is -0.427. The molecule has 0 amide bonds. The zero-order valence-electron chi connectivity index (χ0n) is 7.79. The van der Waals surface area contributed by atoms with Crippen LogP contribution in [0.3, 0.4) is 0 Å². The van der Waals surface area contributed by atoms with Crippen LogP contribution in [-0.4, -0.2) is 49.7 Å². The van der Waals surface area contributed by atoms with Gasteiger partial charge in [0.05, 0.1) is 19.8 Å². The van der Waals surface area contributed by atoms with Gasteiger partial charge in [-0.15, -0.1) is 0 Å². The third-order valence-electron chi connectivity index (χ3n) is 1.58. The summed E-state index contributed by atoms with van der Waals surface area (Å²) in [6.07, 6.45) is -0.427. The molecule has 0 aliphatic rings. The summed E-state index contributed by atoms with van der Waals surface area (Å²) < 4.78 is 5.21. The number of aliphatic hydroxyl groups excluding tert-OH is 2. The summed E-state index contributed by atoms with van der Waals surface area (Å²) in [4.78, 5) is 0. The Labute approximate surface area is 73.5 Å². The molecule has 0 bridgehead atoms. The number of hydrogen-bond donors (Lipinski definition) is 3. The molecule has 0 aromatic heterocycles. The van der Waals surface area contributed by atoms with Crippen molar-refractivity contribution >= 4 is 0 Å². The highest BCUT2D eigenvalue weighted by Gasteiger charge is 2.07. The third kappa shape index (κ3) is 5.49. The molecular formula is C8H19NO3. The van der Waals surface area contributed by atoms with Crippen molar-refractivity contribution in [3.05, 3.63) is 0 Å². The largest absolute Gasteiger partial charge is 0.394 e. The predicted molar refractivity (Wildman–Crippen MR) is 47.0 cm³/mol. The molecule has 4 nitrogen and oxygen atoms in total. The van der Waals surface area contributed by atoms with E-state index in [0.717, 1.165) is 6.54 Å². The monoisotopic (exact) mass is 177 g/mol. The SMILES string of the molecule is CNCC(C)COC(CO)CO. The van der Waals surface area contributed by atoms with Crippen molar-refractivity contribution in [2.75, 3.05) is 33.4 Å². The second-order valence-electron chi connectivity index (χ2n) is 2.98. The van der Waals surface area contributed by atoms with Gasteiger partial charge < -0.3 is 20.3 Å². The van der Waals surface area contributed by atoms with Crippen LogP contribution in [0.4, 0.5) is 0 Å². The average molecular weight is 177 g/mol. The van der Waals surface area contributed by atoms with Crippen molar-refractivity contribution in [2.24, 2.45) is 5.92 Å². The van der Waals surface area contributed by atoms with Crippen LogP contribution < -0.4 is 5.32 Å². The first kappa shape index (κ1) is 11.8. The van der Waals surface area contributed by atoms with Gasteiger partial charge in [-0.05, 0) is 19.5 Å². The zero-order valence-corrected chi connectivity index (χ0v) is 7.79. The molecule has 0 aromatic carbocycles. The van der Waals surface area contributed by atoms with E-state index in [1.807, 2.05) is 14.0 Å². The van der Waals surface area contributed by atoms with Crippen molar-refractivity contribution in [3.63, 3.8) is 0 Å². The van der Waals surface area contributed by atoms with Gasteiger partial charge in [0, 0.05) is 0 Å². The fourth-order valence-electron chi connectivity index (χ4n) is 0.871. The maximum absolute atomic E-state index is 8.67. The van der Waals surface area contributed by atoms with Crippen molar-refractivity contribution < 1.29 is 14.9 Å². The summed E-state index contributed by atoms with van der Waals surface area (Å²) in [5, 5.41) is 20.4. The van der Waals surface area contributed by atoms with E-state index in [1.165, 1.54) is 0 Å². The molecule has 0 heterocycles. The first-order chi connectivity index (χ1) is 5.74. The van der Waals surface area contributed by atoms with Gasteiger partial charge in [-0.1, -0.05) is 6.92 Å². The van der Waals surface area contributed by atoms with Gasteiger partial charge in [0.1, 0.15) is 6.10 Å². The molecule has 0 aliphatic carbocycles. The van der Waals surface area contributed by atoms with Gasteiger partial charge in [0.15, 0.2) is 0 Å². The highest BCUT2D eigenvalue weighted by atomic mass is 16.5. The van der Waals surface area contributed by atoms with Crippen molar-refractivity contribution in [1.82, 2.24) is 5.32 Å². The Morgan fingerprint density at radius 2 is 1.92 bits per heavy atom. The normalized spacial score (nSPS) is 13.8. The van der Waals surface area contributed by atoms with Gasteiger partial charge in [0.25, 0.3) is 0 Å². The number of ether oxygens (including phenoxy) is 1. The molecule has 74 valence electrons. The lowest BCUT2D eigenvalue weighted by Crippen LogP contribution is -2.27. The smallest absolute Gasteiger partial charge is 0.104 e. The first-order valence-electron chi connectivity index (χ1n) is 4.22. The molecule has 0 spiro atoms. The lowest BCUT2D eigenvalue weighted by molar-refractivity contribution is -0.0310. The fourth-order valence-corrected chi connectivity index (χ4v) is 0.871. The maximum atomic E-state index is 8.67. The molecule has 1 unspecified atom stereocenters. The molecule has 0 aliphatic heterocycles. The van der Waals surface area contributed by atoms with Crippen LogP contribution in [0.25, 0.3) is 0 Å². The Morgan fingerprint density at radius 1 is 1.33 bits per heavy atom. The Hall–Kier alpha value is -0.160. The number of rotatable bonds is 7. The minimum absolute atomic E-state index is 0.122. The topological polar surface area (TPSA) is 61.7 Å². The molecular weight excluding hydrogens is 158 g/mol. The number of aliphatic hydroxyl groups is 2. The fraction of sp³-hybridized carbons (Fsp3) is 1.00. The van der Waals surface area contributed by atoms with Crippen LogP contribution in [0.2, 0.25) is 0 Å². The Morgan fingerprint density at radius 3 is 2.33 bits per heavy atom. The Balaban J connectivity index is 3.37. The molecule has 0 saturated carbocycles. The summed E-state index contributed by atoms with van der Waals surface area (Å²) in [6.45, 7) is 3.24. The van der Waals surface area contributed by atoms with E-state index < -0.39 is 6.10 Å². The molecule has 0 radical (unpaired) electrons. The lowest BCUT2D eigenvalue weighted by atomic mass is 10.2. The van der Waals surface area contributed by atoms with Crippen LogP contribution in [-0.2, 0) is 4.74 Å². The van der Waals surface area contributed by atoms with Gasteiger partial charge in [-0.25, -0.2) is 0 Å². The Kier molecular flexibility index (Phi) is 7.39. The highest BCUT2D eigenvalue weighted by molar-refractivity contribution is 4.57. The van der Waals surface area contributed by atoms with Crippen LogP contribution >= 0.6 is 0 Å². The summed E-state index contributed by atoms with van der Waals surface area (Å²) in [7, 11) is 1.88. The van der Waals surface area contributed by atoms with Crippen LogP contribution in [0.5, 0.6) is 0 Å². The average Bonchev–Trinajstić information content (AvgIpc) is 2.07. The van der Waals surface area contributed by atoms with E-state index in [-0.39, 0.29) is 13.2 Å². The Bertz CT molecular complexity index is 96.3. The first-order valence-corrected chi connectivity index (χ1v) is 4.22. The molecule has 0 rings (SSSR count). The molecule has 0 fully saturated rings. The number of hydrogen-bond acceptors (Lipinski definition) is 4. The van der Waals surface area contributed by atoms with Crippen LogP contribution in [0.15, 0.2) is 0 Å². The van der Waals surface area contributed by atoms with Crippen molar-refractivity contribution in [1.29, 1.82) is 0 Å². The summed E-state index contributed by atoms with van der Waals surface area (Å²) >= 11 is 0. The van der Waals surface area contributed by atoms with Crippen LogP contribution in [0.1, 0.15) is 6.92 Å². The quantitative estimate of drug-likeness (QED) is 0.477. The molecule has 0 aromatic rings. The van der Waals surface area contributed by atoms with Gasteiger partial charge >= 0.3 is 0 Å². The summed E-state index contributed by atoms with van der Waals surface area (Å²) in [5.74, 6) is 0.399. The second-order valence-corrected chi connectivity index (χ2v) is 2.98. The summed E-state index contributed by atoms with van der Waals surface area (Å²) in [6, 6.07) is 0. The second kappa shape index (κ2) is 7.49. The molecule has 3 N–H and O–H groups in total. The van der Waals surface area contributed by atoms with Crippen molar-refractivity contribution in [2.45, 2.75) is 13.0 Å². The lowest BCUT2D eigenvalue weighted by Gasteiger charge is -2.16. The molecule has 4 heteroatoms. The van der Waals surface area contributed by atoms with E-state index in [9.17, 15) is 0 Å². The predicted octanol–water partition coefficient (Wildman–Crippen LogP) is -0.788. The maximum Gasteiger partial charge on any atom is 0.104 e. The highest BCUT2D eigenvalue weighted by Crippen LogP contribution is 1.97. The standard InChI is InChI=1S/C8H19NO3/c1-7(3-9-2)6-12-8(4-10)5-11/h7-11H,3-6H2,1-2H3. The third-order valence-corrected chi connectivity index (χ3v) is 1.58. The van der Waals surface area contributed by atoms with E-state index in [2.05, 4.69) is 5.32 Å². The van der Waals surface area contributed by atoms with E-state index in [1.54, 1.807) is 0 Å². The van der Waals surface area contributed by atoms with Crippen molar-refractivity contribution in [3.8, 4) is 0 Å². The molecule has 0 saturated heterocycles. The van der Waals surface area contributed by atoms with Crippen LogP contribution in [0, 0.1) is 5.92 Å². The zero-order chi connectivity index (χ0) is 9.40. The van der Waals surface area contributed by atoms with Gasteiger partial charge in [0.2, 0.25) is 0 Å². The van der Waals surface area contributed by atoms with E-state index in [0.29, 0.717) is 12.5 Å². The van der Waals surface area contributed by atoms with E-state index >= 15 is 0 Å². The minimum Gasteiger partial charge on any atom is -0.394 e. The van der Waals surface area contributed by atoms with Gasteiger partial charge in [-0.3, -0.25) is 0 Å². The molecule has 12 heavy (non-hydrogen) atoms. The molecule has 1 atom stereocenters.